The van der Waals surface area contributed by atoms with Crippen molar-refractivity contribution in [1.29, 1.82) is 0 Å². The van der Waals surface area contributed by atoms with Crippen molar-refractivity contribution in [1.82, 2.24) is 10.2 Å². The molecular weight excluding hydrogens is 690 g/mol. The summed E-state index contributed by atoms with van der Waals surface area (Å²) in [5.41, 5.74) is 2.84. The molecular formula is C38H42BrN3O5S. The van der Waals surface area contributed by atoms with Gasteiger partial charge < -0.3 is 15.0 Å². The van der Waals surface area contributed by atoms with E-state index in [2.05, 4.69) is 21.2 Å². The van der Waals surface area contributed by atoms with E-state index >= 15 is 0 Å². The van der Waals surface area contributed by atoms with Crippen LogP contribution in [-0.4, -0.2) is 50.4 Å². The van der Waals surface area contributed by atoms with Gasteiger partial charge in [0.15, 0.2) is 0 Å². The molecule has 48 heavy (non-hydrogen) atoms. The van der Waals surface area contributed by atoms with Crippen molar-refractivity contribution in [3.63, 3.8) is 0 Å². The van der Waals surface area contributed by atoms with Gasteiger partial charge in [0.05, 0.1) is 17.2 Å². The summed E-state index contributed by atoms with van der Waals surface area (Å²) in [6.45, 7) is 3.55. The maximum atomic E-state index is 14.8. The van der Waals surface area contributed by atoms with E-state index < -0.39 is 28.5 Å². The van der Waals surface area contributed by atoms with Crippen molar-refractivity contribution < 1.29 is 22.7 Å². The molecule has 0 spiro atoms. The van der Waals surface area contributed by atoms with Gasteiger partial charge in [-0.3, -0.25) is 13.9 Å². The maximum absolute atomic E-state index is 14.8. The van der Waals surface area contributed by atoms with Gasteiger partial charge in [-0.25, -0.2) is 8.42 Å². The van der Waals surface area contributed by atoms with E-state index in [0.29, 0.717) is 12.4 Å². The number of carbonyl (C=O) groups is 2. The summed E-state index contributed by atoms with van der Waals surface area (Å²) in [4.78, 5) is 30.5. The number of aryl methyl sites for hydroxylation is 1. The van der Waals surface area contributed by atoms with Gasteiger partial charge >= 0.3 is 0 Å². The summed E-state index contributed by atoms with van der Waals surface area (Å²) >= 11 is 3.53. The molecule has 10 heteroatoms. The lowest BCUT2D eigenvalue weighted by Crippen LogP contribution is -2.54. The minimum atomic E-state index is -4.25. The van der Waals surface area contributed by atoms with Crippen molar-refractivity contribution in [3.8, 4) is 5.75 Å². The average molecular weight is 733 g/mol. The Morgan fingerprint density at radius 2 is 1.56 bits per heavy atom. The number of anilines is 1. The number of sulfonamides is 1. The van der Waals surface area contributed by atoms with E-state index in [1.807, 2.05) is 68.4 Å². The number of hydrogen-bond acceptors (Lipinski definition) is 5. The highest BCUT2D eigenvalue weighted by molar-refractivity contribution is 9.10. The largest absolute Gasteiger partial charge is 0.492 e. The average Bonchev–Trinajstić information content (AvgIpc) is 3.59. The van der Waals surface area contributed by atoms with E-state index in [1.54, 1.807) is 36.4 Å². The fourth-order valence-corrected chi connectivity index (χ4v) is 7.92. The molecule has 4 aromatic carbocycles. The molecule has 1 unspecified atom stereocenters. The second-order valence-electron chi connectivity index (χ2n) is 12.1. The lowest BCUT2D eigenvalue weighted by atomic mass is 10.0. The smallest absolute Gasteiger partial charge is 0.264 e. The number of benzene rings is 4. The van der Waals surface area contributed by atoms with Crippen molar-refractivity contribution in [2.24, 2.45) is 0 Å². The zero-order chi connectivity index (χ0) is 34.1. The second kappa shape index (κ2) is 16.3. The molecule has 0 saturated heterocycles. The van der Waals surface area contributed by atoms with Crippen molar-refractivity contribution >= 4 is 43.5 Å². The Labute approximate surface area is 292 Å². The zero-order valence-electron chi connectivity index (χ0n) is 27.3. The molecule has 8 nitrogen and oxygen atoms in total. The minimum Gasteiger partial charge on any atom is -0.492 e. The fraction of sp³-hybridized carbons (Fsp3) is 0.316. The van der Waals surface area contributed by atoms with Crippen LogP contribution >= 0.6 is 15.9 Å². The predicted octanol–water partition coefficient (Wildman–Crippen LogP) is 7.05. The quantitative estimate of drug-likeness (QED) is 0.150. The van der Waals surface area contributed by atoms with Crippen molar-refractivity contribution in [3.05, 3.63) is 124 Å². The molecule has 1 N–H and O–H groups in total. The van der Waals surface area contributed by atoms with Crippen LogP contribution in [0.25, 0.3) is 0 Å². The third-order valence-electron chi connectivity index (χ3n) is 8.54. The Morgan fingerprint density at radius 1 is 0.896 bits per heavy atom. The SMILES string of the molecule is CCOc1ccccc1N(CC(=O)N(Cc1cccc(Br)c1)C(Cc1ccccc1)C(=O)NC1CCCC1)S(=O)(=O)c1ccc(C)cc1. The summed E-state index contributed by atoms with van der Waals surface area (Å²) in [6.07, 6.45) is 4.12. The number of para-hydroxylation sites is 2. The normalized spacial score (nSPS) is 13.9. The Kier molecular flexibility index (Phi) is 11.9. The number of nitrogens with zero attached hydrogens (tertiary/aromatic N) is 2. The van der Waals surface area contributed by atoms with E-state index in [4.69, 9.17) is 4.74 Å². The zero-order valence-corrected chi connectivity index (χ0v) is 29.8. The number of hydrogen-bond donors (Lipinski definition) is 1. The molecule has 0 aliphatic heterocycles. The fourth-order valence-electron chi connectivity index (χ4n) is 6.05. The summed E-state index contributed by atoms with van der Waals surface area (Å²) in [5, 5.41) is 3.21. The molecule has 1 atom stereocenters. The van der Waals surface area contributed by atoms with Gasteiger partial charge in [-0.05, 0) is 74.2 Å². The summed E-state index contributed by atoms with van der Waals surface area (Å²) in [5.74, 6) is -0.432. The van der Waals surface area contributed by atoms with Gasteiger partial charge in [0, 0.05) is 23.5 Å². The van der Waals surface area contributed by atoms with Gasteiger partial charge in [0.2, 0.25) is 11.8 Å². The van der Waals surface area contributed by atoms with Crippen LogP contribution in [0.15, 0.2) is 112 Å². The third-order valence-corrected chi connectivity index (χ3v) is 10.8. The molecule has 0 heterocycles. The lowest BCUT2D eigenvalue weighted by Gasteiger charge is -2.34. The Hall–Kier alpha value is -4.15. The van der Waals surface area contributed by atoms with E-state index in [0.717, 1.165) is 51.2 Å². The van der Waals surface area contributed by atoms with Gasteiger partial charge in [-0.2, -0.15) is 0 Å². The second-order valence-corrected chi connectivity index (χ2v) is 14.9. The molecule has 252 valence electrons. The third kappa shape index (κ3) is 8.85. The molecule has 0 radical (unpaired) electrons. The number of ether oxygens (including phenoxy) is 1. The number of carbonyl (C=O) groups excluding carboxylic acids is 2. The topological polar surface area (TPSA) is 96.0 Å². The number of rotatable bonds is 14. The van der Waals surface area contributed by atoms with Crippen LogP contribution in [0.2, 0.25) is 0 Å². The lowest BCUT2D eigenvalue weighted by molar-refractivity contribution is -0.140. The molecule has 1 fully saturated rings. The highest BCUT2D eigenvalue weighted by Gasteiger charge is 2.36. The summed E-state index contributed by atoms with van der Waals surface area (Å²) in [7, 11) is -4.25. The van der Waals surface area contributed by atoms with Crippen LogP contribution in [0, 0.1) is 6.92 Å². The van der Waals surface area contributed by atoms with Crippen LogP contribution in [0.4, 0.5) is 5.69 Å². The minimum absolute atomic E-state index is 0.0371. The Bertz CT molecular complexity index is 1790. The van der Waals surface area contributed by atoms with Gasteiger partial charge in [0.25, 0.3) is 10.0 Å². The van der Waals surface area contributed by atoms with E-state index in [-0.39, 0.29) is 35.5 Å². The Morgan fingerprint density at radius 3 is 2.25 bits per heavy atom. The number of nitrogens with one attached hydrogen (secondary N) is 1. The van der Waals surface area contributed by atoms with Gasteiger partial charge in [0.1, 0.15) is 18.3 Å². The number of halogens is 1. The first-order valence-electron chi connectivity index (χ1n) is 16.3. The first kappa shape index (κ1) is 35.2. The molecule has 0 aromatic heterocycles. The Balaban J connectivity index is 1.59. The van der Waals surface area contributed by atoms with Crippen LogP contribution in [0.1, 0.15) is 49.3 Å². The monoisotopic (exact) mass is 731 g/mol. The van der Waals surface area contributed by atoms with E-state index in [1.165, 1.54) is 17.0 Å². The van der Waals surface area contributed by atoms with Crippen LogP contribution in [0.3, 0.4) is 0 Å². The van der Waals surface area contributed by atoms with Gasteiger partial charge in [-0.1, -0.05) is 101 Å². The first-order chi connectivity index (χ1) is 23.2. The van der Waals surface area contributed by atoms with E-state index in [9.17, 15) is 18.0 Å². The van der Waals surface area contributed by atoms with Gasteiger partial charge in [-0.15, -0.1) is 0 Å². The van der Waals surface area contributed by atoms with Crippen LogP contribution in [0.5, 0.6) is 5.75 Å². The predicted molar refractivity (Wildman–Crippen MR) is 192 cm³/mol. The molecule has 1 aliphatic carbocycles. The highest BCUT2D eigenvalue weighted by atomic mass is 79.9. The van der Waals surface area contributed by atoms with Crippen LogP contribution < -0.4 is 14.4 Å². The molecule has 2 amide bonds. The maximum Gasteiger partial charge on any atom is 0.264 e. The summed E-state index contributed by atoms with van der Waals surface area (Å²) < 4.78 is 36.6. The number of amides is 2. The molecule has 5 rings (SSSR count). The molecule has 1 saturated carbocycles. The van der Waals surface area contributed by atoms with Crippen molar-refractivity contribution in [2.75, 3.05) is 17.5 Å². The first-order valence-corrected chi connectivity index (χ1v) is 18.6. The summed E-state index contributed by atoms with van der Waals surface area (Å²) in [6, 6.07) is 29.6. The standard InChI is InChI=1S/C38H42BrN3O5S/c1-3-47-36-19-10-9-18-34(36)42(48(45,46)33-22-20-28(2)21-23-33)27-37(43)41(26-30-14-11-15-31(39)24-30)35(25-29-12-5-4-6-13-29)38(44)40-32-16-7-8-17-32/h4-6,9-15,18-24,32,35H,3,7-8,16-17,25-27H2,1-2H3,(H,40,44). The van der Waals surface area contributed by atoms with Crippen molar-refractivity contribution in [2.45, 2.75) is 69.5 Å². The molecule has 0 bridgehead atoms. The molecule has 1 aliphatic rings. The molecule has 4 aromatic rings. The van der Waals surface area contributed by atoms with Crippen LogP contribution in [-0.2, 0) is 32.6 Å². The highest BCUT2D eigenvalue weighted by Crippen LogP contribution is 2.33.